The first-order valence-electron chi connectivity index (χ1n) is 10.2. The van der Waals surface area contributed by atoms with E-state index in [-0.39, 0.29) is 18.3 Å². The van der Waals surface area contributed by atoms with Gasteiger partial charge in [-0.15, -0.1) is 0 Å². The summed E-state index contributed by atoms with van der Waals surface area (Å²) in [6, 6.07) is 16.2. The molecule has 0 amide bonds. The molecule has 7 heteroatoms. The standard InChI is InChI=1S/C23H24N4O3/c1-30-21-9-8-15(11-16(21)13-26-10-4-5-17(26)14-28)19-12-22-24-25-23(29)27(22)20-7-3-2-6-18(19)20/h2-3,6-9,11-12,17,28H,4-5,10,13-14H2,1H3,(H,25,29)/t17-/m1/s1. The Balaban J connectivity index is 1.65. The van der Waals surface area contributed by atoms with Crippen molar-refractivity contribution in [3.8, 4) is 16.9 Å². The van der Waals surface area contributed by atoms with Crippen molar-refractivity contribution >= 4 is 16.6 Å². The molecule has 0 aliphatic carbocycles. The predicted molar refractivity (Wildman–Crippen MR) is 116 cm³/mol. The van der Waals surface area contributed by atoms with Gasteiger partial charge in [-0.3, -0.25) is 4.90 Å². The molecule has 154 valence electrons. The summed E-state index contributed by atoms with van der Waals surface area (Å²) in [5.41, 5.74) is 4.30. The first-order valence-corrected chi connectivity index (χ1v) is 10.2. The lowest BCUT2D eigenvalue weighted by atomic mass is 9.98. The van der Waals surface area contributed by atoms with E-state index in [2.05, 4.69) is 21.2 Å². The van der Waals surface area contributed by atoms with Crippen LogP contribution in [0, 0.1) is 0 Å². The van der Waals surface area contributed by atoms with Gasteiger partial charge in [-0.25, -0.2) is 14.3 Å². The summed E-state index contributed by atoms with van der Waals surface area (Å²) in [5.74, 6) is 0.837. The number of hydrogen-bond donors (Lipinski definition) is 2. The third-order valence-electron chi connectivity index (χ3n) is 6.08. The Hall–Kier alpha value is -3.16. The molecule has 7 nitrogen and oxygen atoms in total. The number of nitrogens with one attached hydrogen (secondary N) is 1. The number of aliphatic hydroxyl groups excluding tert-OH is 1. The van der Waals surface area contributed by atoms with Gasteiger partial charge in [-0.2, -0.15) is 5.10 Å². The van der Waals surface area contributed by atoms with E-state index in [1.165, 1.54) is 0 Å². The minimum Gasteiger partial charge on any atom is -0.496 e. The fraction of sp³-hybridized carbons (Fsp3) is 0.304. The highest BCUT2D eigenvalue weighted by molar-refractivity contribution is 5.97. The molecule has 1 aliphatic rings. The zero-order valence-corrected chi connectivity index (χ0v) is 16.8. The van der Waals surface area contributed by atoms with E-state index in [1.807, 2.05) is 42.5 Å². The molecule has 0 saturated carbocycles. The van der Waals surface area contributed by atoms with Gasteiger partial charge in [0, 0.05) is 23.5 Å². The highest BCUT2D eigenvalue weighted by Crippen LogP contribution is 2.34. The molecule has 1 saturated heterocycles. The molecule has 0 bridgehead atoms. The molecule has 1 atom stereocenters. The van der Waals surface area contributed by atoms with E-state index in [0.717, 1.165) is 59.3 Å². The number of methoxy groups -OCH3 is 1. The zero-order chi connectivity index (χ0) is 20.7. The van der Waals surface area contributed by atoms with E-state index < -0.39 is 0 Å². The van der Waals surface area contributed by atoms with Crippen LogP contribution in [0.5, 0.6) is 5.75 Å². The van der Waals surface area contributed by atoms with Crippen molar-refractivity contribution in [1.29, 1.82) is 0 Å². The number of para-hydroxylation sites is 1. The number of aromatic amines is 1. The van der Waals surface area contributed by atoms with Crippen molar-refractivity contribution < 1.29 is 9.84 Å². The van der Waals surface area contributed by atoms with Gasteiger partial charge in [0.05, 0.1) is 19.2 Å². The molecule has 3 heterocycles. The van der Waals surface area contributed by atoms with E-state index in [0.29, 0.717) is 5.65 Å². The molecule has 5 rings (SSSR count). The second-order valence-corrected chi connectivity index (χ2v) is 7.77. The fourth-order valence-corrected chi connectivity index (χ4v) is 4.58. The van der Waals surface area contributed by atoms with Crippen LogP contribution in [0.3, 0.4) is 0 Å². The van der Waals surface area contributed by atoms with Gasteiger partial charge in [0.25, 0.3) is 0 Å². The van der Waals surface area contributed by atoms with Crippen molar-refractivity contribution in [3.63, 3.8) is 0 Å². The average Bonchev–Trinajstić information content (AvgIpc) is 3.39. The third kappa shape index (κ3) is 3.07. The number of fused-ring (bicyclic) bond motifs is 3. The van der Waals surface area contributed by atoms with E-state index in [9.17, 15) is 9.90 Å². The van der Waals surface area contributed by atoms with Crippen LogP contribution >= 0.6 is 0 Å². The normalized spacial score (nSPS) is 17.2. The van der Waals surface area contributed by atoms with Crippen LogP contribution in [0.2, 0.25) is 0 Å². The number of ether oxygens (including phenoxy) is 1. The second-order valence-electron chi connectivity index (χ2n) is 7.77. The predicted octanol–water partition coefficient (Wildman–Crippen LogP) is 2.81. The van der Waals surface area contributed by atoms with Gasteiger partial charge < -0.3 is 9.84 Å². The Morgan fingerprint density at radius 1 is 1.23 bits per heavy atom. The van der Waals surface area contributed by atoms with Crippen molar-refractivity contribution in [2.45, 2.75) is 25.4 Å². The summed E-state index contributed by atoms with van der Waals surface area (Å²) in [4.78, 5) is 14.5. The lowest BCUT2D eigenvalue weighted by molar-refractivity contribution is 0.152. The number of benzene rings is 2. The van der Waals surface area contributed by atoms with Crippen molar-refractivity contribution in [3.05, 3.63) is 64.6 Å². The van der Waals surface area contributed by atoms with Crippen molar-refractivity contribution in [1.82, 2.24) is 19.5 Å². The van der Waals surface area contributed by atoms with E-state index in [4.69, 9.17) is 4.74 Å². The molecule has 30 heavy (non-hydrogen) atoms. The number of H-pyrrole nitrogens is 1. The van der Waals surface area contributed by atoms with Crippen LogP contribution in [0.15, 0.2) is 53.3 Å². The Morgan fingerprint density at radius 3 is 2.93 bits per heavy atom. The molecule has 0 spiro atoms. The smallest absolute Gasteiger partial charge is 0.348 e. The maximum Gasteiger partial charge on any atom is 0.348 e. The van der Waals surface area contributed by atoms with Gasteiger partial charge in [0.1, 0.15) is 5.75 Å². The number of aliphatic hydroxyl groups is 1. The van der Waals surface area contributed by atoms with Crippen molar-refractivity contribution in [2.24, 2.45) is 0 Å². The van der Waals surface area contributed by atoms with Gasteiger partial charge >= 0.3 is 5.69 Å². The van der Waals surface area contributed by atoms with Crippen LogP contribution in [-0.2, 0) is 6.54 Å². The van der Waals surface area contributed by atoms with Crippen LogP contribution in [-0.4, -0.2) is 50.9 Å². The topological polar surface area (TPSA) is 82.9 Å². The van der Waals surface area contributed by atoms with Gasteiger partial charge in [0.2, 0.25) is 0 Å². The monoisotopic (exact) mass is 404 g/mol. The molecule has 0 radical (unpaired) electrons. The minimum absolute atomic E-state index is 0.178. The van der Waals surface area contributed by atoms with Gasteiger partial charge in [-0.1, -0.05) is 24.3 Å². The molecule has 0 unspecified atom stereocenters. The summed E-state index contributed by atoms with van der Waals surface area (Å²) in [6.07, 6.45) is 2.12. The van der Waals surface area contributed by atoms with E-state index in [1.54, 1.807) is 11.5 Å². The summed E-state index contributed by atoms with van der Waals surface area (Å²) < 4.78 is 7.22. The summed E-state index contributed by atoms with van der Waals surface area (Å²) in [5, 5.41) is 17.4. The summed E-state index contributed by atoms with van der Waals surface area (Å²) in [7, 11) is 1.68. The number of nitrogens with zero attached hydrogens (tertiary/aromatic N) is 3. The van der Waals surface area contributed by atoms with Crippen LogP contribution in [0.25, 0.3) is 27.7 Å². The third-order valence-corrected chi connectivity index (χ3v) is 6.08. The highest BCUT2D eigenvalue weighted by atomic mass is 16.5. The summed E-state index contributed by atoms with van der Waals surface area (Å²) >= 11 is 0. The summed E-state index contributed by atoms with van der Waals surface area (Å²) in [6.45, 7) is 1.88. The largest absolute Gasteiger partial charge is 0.496 e. The first kappa shape index (κ1) is 18.8. The maximum absolute atomic E-state index is 12.2. The van der Waals surface area contributed by atoms with Crippen LogP contribution in [0.4, 0.5) is 0 Å². The van der Waals surface area contributed by atoms with Crippen LogP contribution in [0.1, 0.15) is 18.4 Å². The lowest BCUT2D eigenvalue weighted by Gasteiger charge is -2.24. The lowest BCUT2D eigenvalue weighted by Crippen LogP contribution is -2.31. The van der Waals surface area contributed by atoms with Crippen molar-refractivity contribution in [2.75, 3.05) is 20.3 Å². The Kier molecular flexibility index (Phi) is 4.77. The molecule has 2 aromatic carbocycles. The first-order chi connectivity index (χ1) is 14.7. The number of aromatic nitrogens is 3. The maximum atomic E-state index is 12.2. The number of rotatable bonds is 5. The zero-order valence-electron chi connectivity index (χ0n) is 16.8. The highest BCUT2D eigenvalue weighted by Gasteiger charge is 2.25. The van der Waals surface area contributed by atoms with Crippen LogP contribution < -0.4 is 10.4 Å². The van der Waals surface area contributed by atoms with Gasteiger partial charge in [-0.05, 0) is 54.8 Å². The molecule has 2 N–H and O–H groups in total. The number of hydrogen-bond acceptors (Lipinski definition) is 5. The Labute approximate surface area is 173 Å². The molecule has 1 aliphatic heterocycles. The quantitative estimate of drug-likeness (QED) is 0.535. The Bertz CT molecular complexity index is 1280. The molecular formula is C23H24N4O3. The second kappa shape index (κ2) is 7.59. The molecule has 2 aromatic heterocycles. The number of likely N-dealkylation sites (tertiary alicyclic amines) is 1. The van der Waals surface area contributed by atoms with E-state index >= 15 is 0 Å². The fourth-order valence-electron chi connectivity index (χ4n) is 4.58. The van der Waals surface area contributed by atoms with Gasteiger partial charge in [0.15, 0.2) is 5.65 Å². The Morgan fingerprint density at radius 2 is 2.10 bits per heavy atom. The molecule has 4 aromatic rings. The SMILES string of the molecule is COc1ccc(-c2cc3n[nH]c(=O)n3c3ccccc23)cc1CN1CCC[C@@H]1CO. The number of pyridine rings is 1. The molecular weight excluding hydrogens is 380 g/mol. The minimum atomic E-state index is -0.243. The average molecular weight is 404 g/mol. The molecule has 1 fully saturated rings.